The molecular formula is C17H31N3. The van der Waals surface area contributed by atoms with Crippen LogP contribution in [0.2, 0.25) is 0 Å². The summed E-state index contributed by atoms with van der Waals surface area (Å²) in [6.45, 7) is 5.46. The van der Waals surface area contributed by atoms with Gasteiger partial charge >= 0.3 is 0 Å². The van der Waals surface area contributed by atoms with Crippen LogP contribution in [0, 0.1) is 5.92 Å². The molecule has 3 heteroatoms. The van der Waals surface area contributed by atoms with Crippen LogP contribution in [0.4, 0.5) is 0 Å². The maximum absolute atomic E-state index is 4.58. The van der Waals surface area contributed by atoms with Crippen LogP contribution >= 0.6 is 0 Å². The first-order valence-electron chi connectivity index (χ1n) is 8.48. The second-order valence-electron chi connectivity index (χ2n) is 6.30. The number of likely N-dealkylation sites (N-methyl/N-ethyl adjacent to an activating group) is 1. The summed E-state index contributed by atoms with van der Waals surface area (Å²) in [7, 11) is 2.08. The van der Waals surface area contributed by atoms with Crippen LogP contribution in [0.3, 0.4) is 0 Å². The lowest BCUT2D eigenvalue weighted by Gasteiger charge is -2.27. The third-order valence-electron chi connectivity index (χ3n) is 4.68. The van der Waals surface area contributed by atoms with Gasteiger partial charge in [-0.05, 0) is 31.4 Å². The average molecular weight is 277 g/mol. The Morgan fingerprint density at radius 1 is 1.30 bits per heavy atom. The Labute approximate surface area is 124 Å². The van der Waals surface area contributed by atoms with Crippen molar-refractivity contribution < 1.29 is 0 Å². The minimum absolute atomic E-state index is 0.614. The SMILES string of the molecule is CCNC(Cc1cc(CC)nn1C)CC1CCCCC1. The molecule has 1 atom stereocenters. The molecule has 1 N–H and O–H groups in total. The van der Waals surface area contributed by atoms with Gasteiger partial charge in [-0.25, -0.2) is 0 Å². The van der Waals surface area contributed by atoms with Crippen LogP contribution < -0.4 is 5.32 Å². The van der Waals surface area contributed by atoms with E-state index in [1.54, 1.807) is 0 Å². The quantitative estimate of drug-likeness (QED) is 0.827. The molecule has 0 radical (unpaired) electrons. The maximum Gasteiger partial charge on any atom is 0.0624 e. The first-order chi connectivity index (χ1) is 9.72. The number of hydrogen-bond donors (Lipinski definition) is 1. The fourth-order valence-electron chi connectivity index (χ4n) is 3.54. The normalized spacial score (nSPS) is 18.4. The lowest BCUT2D eigenvalue weighted by molar-refractivity contribution is 0.296. The van der Waals surface area contributed by atoms with Gasteiger partial charge in [0.15, 0.2) is 0 Å². The van der Waals surface area contributed by atoms with E-state index in [2.05, 4.69) is 42.1 Å². The van der Waals surface area contributed by atoms with E-state index in [4.69, 9.17) is 0 Å². The smallest absolute Gasteiger partial charge is 0.0624 e. The Balaban J connectivity index is 1.94. The highest BCUT2D eigenvalue weighted by Gasteiger charge is 2.20. The lowest BCUT2D eigenvalue weighted by Crippen LogP contribution is -2.34. The van der Waals surface area contributed by atoms with E-state index in [9.17, 15) is 0 Å². The molecule has 1 aromatic heterocycles. The van der Waals surface area contributed by atoms with Gasteiger partial charge in [0.2, 0.25) is 0 Å². The van der Waals surface area contributed by atoms with E-state index in [0.29, 0.717) is 6.04 Å². The maximum atomic E-state index is 4.58. The zero-order valence-corrected chi connectivity index (χ0v) is 13.5. The Morgan fingerprint density at radius 2 is 2.05 bits per heavy atom. The fourth-order valence-corrected chi connectivity index (χ4v) is 3.54. The molecule has 1 aromatic rings. The van der Waals surface area contributed by atoms with E-state index in [-0.39, 0.29) is 0 Å². The molecule has 1 saturated carbocycles. The van der Waals surface area contributed by atoms with Crippen molar-refractivity contribution in [2.75, 3.05) is 6.54 Å². The standard InChI is InChI=1S/C17H31N3/c1-4-15-12-17(20(3)19-15)13-16(18-5-2)11-14-9-7-6-8-10-14/h12,14,16,18H,4-11,13H2,1-3H3. The van der Waals surface area contributed by atoms with Crippen molar-refractivity contribution in [3.8, 4) is 0 Å². The number of aromatic nitrogens is 2. The molecule has 0 aromatic carbocycles. The molecule has 0 saturated heterocycles. The lowest BCUT2D eigenvalue weighted by atomic mass is 9.84. The minimum Gasteiger partial charge on any atom is -0.314 e. The van der Waals surface area contributed by atoms with Crippen molar-refractivity contribution >= 4 is 0 Å². The molecule has 1 heterocycles. The molecule has 0 bridgehead atoms. The molecule has 0 spiro atoms. The summed E-state index contributed by atoms with van der Waals surface area (Å²) in [6, 6.07) is 2.90. The fraction of sp³-hybridized carbons (Fsp3) is 0.824. The first-order valence-corrected chi connectivity index (χ1v) is 8.48. The zero-order valence-electron chi connectivity index (χ0n) is 13.5. The van der Waals surface area contributed by atoms with Gasteiger partial charge in [-0.2, -0.15) is 5.10 Å². The number of nitrogens with one attached hydrogen (secondary N) is 1. The summed E-state index contributed by atoms with van der Waals surface area (Å²) >= 11 is 0. The average Bonchev–Trinajstić information content (AvgIpc) is 2.81. The second kappa shape index (κ2) is 7.82. The molecule has 1 aliphatic carbocycles. The predicted octanol–water partition coefficient (Wildman–Crippen LogP) is 3.47. The van der Waals surface area contributed by atoms with E-state index >= 15 is 0 Å². The molecule has 20 heavy (non-hydrogen) atoms. The molecule has 0 aliphatic heterocycles. The van der Waals surface area contributed by atoms with Gasteiger partial charge in [-0.3, -0.25) is 4.68 Å². The summed E-state index contributed by atoms with van der Waals surface area (Å²) in [4.78, 5) is 0. The molecule has 3 nitrogen and oxygen atoms in total. The van der Waals surface area contributed by atoms with Gasteiger partial charge in [0.1, 0.15) is 0 Å². The molecule has 114 valence electrons. The number of rotatable bonds is 7. The predicted molar refractivity (Wildman–Crippen MR) is 84.9 cm³/mol. The van der Waals surface area contributed by atoms with Crippen LogP contribution in [0.25, 0.3) is 0 Å². The van der Waals surface area contributed by atoms with E-state index < -0.39 is 0 Å². The summed E-state index contributed by atoms with van der Waals surface area (Å²) in [6.07, 6.45) is 10.7. The third kappa shape index (κ3) is 4.34. The van der Waals surface area contributed by atoms with Crippen molar-refractivity contribution in [1.29, 1.82) is 0 Å². The highest BCUT2D eigenvalue weighted by atomic mass is 15.3. The van der Waals surface area contributed by atoms with Gasteiger partial charge in [-0.15, -0.1) is 0 Å². The summed E-state index contributed by atoms with van der Waals surface area (Å²) in [5.74, 6) is 0.937. The van der Waals surface area contributed by atoms with Crippen LogP contribution in [0.15, 0.2) is 6.07 Å². The molecule has 2 rings (SSSR count). The van der Waals surface area contributed by atoms with Crippen LogP contribution in [-0.2, 0) is 19.9 Å². The Bertz CT molecular complexity index is 391. The largest absolute Gasteiger partial charge is 0.314 e. The van der Waals surface area contributed by atoms with Gasteiger partial charge in [-0.1, -0.05) is 46.0 Å². The van der Waals surface area contributed by atoms with E-state index in [1.165, 1.54) is 49.9 Å². The molecule has 1 aliphatic rings. The topological polar surface area (TPSA) is 29.9 Å². The van der Waals surface area contributed by atoms with Crippen molar-refractivity contribution in [1.82, 2.24) is 15.1 Å². The number of aryl methyl sites for hydroxylation is 2. The molecule has 1 fully saturated rings. The highest BCUT2D eigenvalue weighted by Crippen LogP contribution is 2.28. The number of hydrogen-bond acceptors (Lipinski definition) is 2. The monoisotopic (exact) mass is 277 g/mol. The van der Waals surface area contributed by atoms with Gasteiger partial charge < -0.3 is 5.32 Å². The van der Waals surface area contributed by atoms with Crippen molar-refractivity contribution in [2.45, 2.75) is 71.3 Å². The van der Waals surface area contributed by atoms with Crippen molar-refractivity contribution in [3.05, 3.63) is 17.5 Å². The van der Waals surface area contributed by atoms with Crippen molar-refractivity contribution in [3.63, 3.8) is 0 Å². The molecule has 0 amide bonds. The van der Waals surface area contributed by atoms with Crippen LogP contribution in [-0.4, -0.2) is 22.4 Å². The summed E-state index contributed by atoms with van der Waals surface area (Å²) < 4.78 is 2.07. The van der Waals surface area contributed by atoms with Crippen LogP contribution in [0.1, 0.15) is 63.8 Å². The van der Waals surface area contributed by atoms with Gasteiger partial charge in [0.25, 0.3) is 0 Å². The van der Waals surface area contributed by atoms with Gasteiger partial charge in [0.05, 0.1) is 5.69 Å². The first kappa shape index (κ1) is 15.6. The molecular weight excluding hydrogens is 246 g/mol. The third-order valence-corrected chi connectivity index (χ3v) is 4.68. The second-order valence-corrected chi connectivity index (χ2v) is 6.30. The van der Waals surface area contributed by atoms with E-state index in [0.717, 1.165) is 25.3 Å². The Hall–Kier alpha value is -0.830. The molecule has 1 unspecified atom stereocenters. The van der Waals surface area contributed by atoms with E-state index in [1.807, 2.05) is 0 Å². The van der Waals surface area contributed by atoms with Gasteiger partial charge in [0, 0.05) is 25.2 Å². The van der Waals surface area contributed by atoms with Crippen molar-refractivity contribution in [2.24, 2.45) is 13.0 Å². The highest BCUT2D eigenvalue weighted by molar-refractivity contribution is 5.11. The zero-order chi connectivity index (χ0) is 14.4. The van der Waals surface area contributed by atoms with Crippen LogP contribution in [0.5, 0.6) is 0 Å². The number of nitrogens with zero attached hydrogens (tertiary/aromatic N) is 2. The Morgan fingerprint density at radius 3 is 2.65 bits per heavy atom. The minimum atomic E-state index is 0.614. The summed E-state index contributed by atoms with van der Waals surface area (Å²) in [5, 5.41) is 8.27. The summed E-state index contributed by atoms with van der Waals surface area (Å²) in [5.41, 5.74) is 2.60. The Kier molecular flexibility index (Phi) is 6.08.